The van der Waals surface area contributed by atoms with Crippen molar-refractivity contribution < 1.29 is 0 Å². The molecule has 2 heteroatoms. The molecule has 1 heterocycles. The minimum atomic E-state index is 0.299. The Morgan fingerprint density at radius 2 is 1.47 bits per heavy atom. The molecular formula is C17H17NS. The number of rotatable bonds is 2. The van der Waals surface area contributed by atoms with E-state index >= 15 is 0 Å². The zero-order valence-electron chi connectivity index (χ0n) is 11.0. The predicted molar refractivity (Wildman–Crippen MR) is 83.7 cm³/mol. The first-order chi connectivity index (χ1) is 9.33. The van der Waals surface area contributed by atoms with Gasteiger partial charge in [0.25, 0.3) is 0 Å². The molecule has 2 atom stereocenters. The van der Waals surface area contributed by atoms with Crippen LogP contribution in [-0.4, -0.2) is 5.04 Å². The van der Waals surface area contributed by atoms with Gasteiger partial charge < -0.3 is 0 Å². The molecule has 2 aromatic carbocycles. The van der Waals surface area contributed by atoms with Crippen molar-refractivity contribution in [3.8, 4) is 0 Å². The molecule has 0 radical (unpaired) electrons. The van der Waals surface area contributed by atoms with E-state index in [1.165, 1.54) is 16.2 Å². The maximum atomic E-state index is 4.81. The molecule has 0 fully saturated rings. The third-order valence-electron chi connectivity index (χ3n) is 3.44. The lowest BCUT2D eigenvalue weighted by atomic mass is 9.99. The zero-order valence-corrected chi connectivity index (χ0v) is 11.8. The highest BCUT2D eigenvalue weighted by molar-refractivity contribution is 8.14. The van der Waals surface area contributed by atoms with Crippen LogP contribution in [0.1, 0.15) is 35.8 Å². The summed E-state index contributed by atoms with van der Waals surface area (Å²) in [6.07, 6.45) is 1.08. The summed E-state index contributed by atoms with van der Waals surface area (Å²) < 4.78 is 0. The Hall–Kier alpha value is -1.54. The van der Waals surface area contributed by atoms with Crippen LogP contribution in [0, 0.1) is 0 Å². The summed E-state index contributed by atoms with van der Waals surface area (Å²) in [5.41, 5.74) is 2.73. The molecule has 19 heavy (non-hydrogen) atoms. The molecule has 1 nitrogen and oxygen atoms in total. The van der Waals surface area contributed by atoms with Crippen molar-refractivity contribution in [1.29, 1.82) is 0 Å². The highest BCUT2D eigenvalue weighted by atomic mass is 32.2. The number of benzene rings is 2. The van der Waals surface area contributed by atoms with E-state index in [9.17, 15) is 0 Å². The Morgan fingerprint density at radius 1 is 0.895 bits per heavy atom. The fourth-order valence-corrected chi connectivity index (χ4v) is 3.69. The molecule has 96 valence electrons. The van der Waals surface area contributed by atoms with Crippen LogP contribution >= 0.6 is 11.8 Å². The SMILES string of the molecule is CC1=NC(c2ccccc2)CC(c2ccccc2)S1. The summed E-state index contributed by atoms with van der Waals surface area (Å²) in [5.74, 6) is 0. The van der Waals surface area contributed by atoms with Crippen LogP contribution in [0.3, 0.4) is 0 Å². The van der Waals surface area contributed by atoms with Crippen molar-refractivity contribution in [2.24, 2.45) is 4.99 Å². The molecule has 3 rings (SSSR count). The van der Waals surface area contributed by atoms with Crippen molar-refractivity contribution in [1.82, 2.24) is 0 Å². The minimum Gasteiger partial charge on any atom is -0.275 e. The Morgan fingerprint density at radius 3 is 2.11 bits per heavy atom. The standard InChI is InChI=1S/C17H17NS/c1-13-18-16(14-8-4-2-5-9-14)12-17(19-13)15-10-6-3-7-11-15/h2-11,16-17H,12H2,1H3. The van der Waals surface area contributed by atoms with Crippen molar-refractivity contribution in [3.63, 3.8) is 0 Å². The molecule has 0 N–H and O–H groups in total. The van der Waals surface area contributed by atoms with Gasteiger partial charge >= 0.3 is 0 Å². The normalized spacial score (nSPS) is 22.9. The molecule has 2 aromatic rings. The van der Waals surface area contributed by atoms with Gasteiger partial charge in [-0.2, -0.15) is 0 Å². The Balaban J connectivity index is 1.87. The van der Waals surface area contributed by atoms with Crippen LogP contribution in [0.2, 0.25) is 0 Å². The lowest BCUT2D eigenvalue weighted by Crippen LogP contribution is -2.10. The average molecular weight is 267 g/mol. The first-order valence-corrected chi connectivity index (χ1v) is 7.52. The van der Waals surface area contributed by atoms with E-state index in [4.69, 9.17) is 4.99 Å². The second kappa shape index (κ2) is 5.62. The first-order valence-electron chi connectivity index (χ1n) is 6.64. The van der Waals surface area contributed by atoms with Crippen molar-refractivity contribution in [2.45, 2.75) is 24.6 Å². The van der Waals surface area contributed by atoms with Crippen LogP contribution in [0.25, 0.3) is 0 Å². The van der Waals surface area contributed by atoms with Gasteiger partial charge in [0.05, 0.1) is 11.1 Å². The zero-order chi connectivity index (χ0) is 13.1. The quantitative estimate of drug-likeness (QED) is 0.744. The molecule has 0 bridgehead atoms. The molecular weight excluding hydrogens is 250 g/mol. The van der Waals surface area contributed by atoms with Gasteiger partial charge in [0.1, 0.15) is 0 Å². The van der Waals surface area contributed by atoms with Crippen molar-refractivity contribution in [3.05, 3.63) is 71.8 Å². The first kappa shape index (κ1) is 12.5. The Bertz CT molecular complexity index is 562. The number of hydrogen-bond donors (Lipinski definition) is 0. The van der Waals surface area contributed by atoms with Gasteiger partial charge in [0.15, 0.2) is 0 Å². The number of thioether (sulfide) groups is 1. The van der Waals surface area contributed by atoms with Crippen molar-refractivity contribution >= 4 is 16.8 Å². The highest BCUT2D eigenvalue weighted by Crippen LogP contribution is 2.43. The molecule has 0 spiro atoms. The second-order valence-electron chi connectivity index (χ2n) is 4.83. The molecule has 1 aliphatic rings. The fourth-order valence-electron chi connectivity index (χ4n) is 2.52. The van der Waals surface area contributed by atoms with Crippen LogP contribution in [0.15, 0.2) is 65.7 Å². The molecule has 2 unspecified atom stereocenters. The van der Waals surface area contributed by atoms with Crippen LogP contribution in [-0.2, 0) is 0 Å². The van der Waals surface area contributed by atoms with Gasteiger partial charge in [-0.25, -0.2) is 0 Å². The highest BCUT2D eigenvalue weighted by Gasteiger charge is 2.24. The smallest absolute Gasteiger partial charge is 0.0772 e. The van der Waals surface area contributed by atoms with Gasteiger partial charge in [-0.05, 0) is 24.5 Å². The van der Waals surface area contributed by atoms with Gasteiger partial charge in [0.2, 0.25) is 0 Å². The third-order valence-corrected chi connectivity index (χ3v) is 4.64. The van der Waals surface area contributed by atoms with Gasteiger partial charge in [-0.1, -0.05) is 60.7 Å². The topological polar surface area (TPSA) is 12.4 Å². The summed E-state index contributed by atoms with van der Waals surface area (Å²) in [6, 6.07) is 21.7. The number of nitrogens with zero attached hydrogens (tertiary/aromatic N) is 1. The number of aliphatic imine (C=N–C) groups is 1. The summed E-state index contributed by atoms with van der Waals surface area (Å²) in [7, 11) is 0. The Kier molecular flexibility index (Phi) is 3.69. The summed E-state index contributed by atoms with van der Waals surface area (Å²) in [6.45, 7) is 2.12. The number of hydrogen-bond acceptors (Lipinski definition) is 2. The van der Waals surface area contributed by atoms with Gasteiger partial charge in [0, 0.05) is 5.25 Å². The summed E-state index contributed by atoms with van der Waals surface area (Å²) in [4.78, 5) is 4.81. The molecule has 0 amide bonds. The fraction of sp³-hybridized carbons (Fsp3) is 0.235. The summed E-state index contributed by atoms with van der Waals surface area (Å²) >= 11 is 1.89. The van der Waals surface area contributed by atoms with Crippen LogP contribution < -0.4 is 0 Å². The minimum absolute atomic E-state index is 0.299. The van der Waals surface area contributed by atoms with E-state index in [2.05, 4.69) is 67.6 Å². The maximum Gasteiger partial charge on any atom is 0.0772 e. The Labute approximate surface area is 118 Å². The monoisotopic (exact) mass is 267 g/mol. The predicted octanol–water partition coefficient (Wildman–Crippen LogP) is 5.02. The van der Waals surface area contributed by atoms with E-state index < -0.39 is 0 Å². The maximum absolute atomic E-state index is 4.81. The molecule has 1 aliphatic heterocycles. The van der Waals surface area contributed by atoms with E-state index in [0.29, 0.717) is 11.3 Å². The van der Waals surface area contributed by atoms with E-state index in [1.807, 2.05) is 11.8 Å². The largest absolute Gasteiger partial charge is 0.275 e. The average Bonchev–Trinajstić information content (AvgIpc) is 2.48. The van der Waals surface area contributed by atoms with Crippen LogP contribution in [0.5, 0.6) is 0 Å². The molecule has 0 saturated heterocycles. The van der Waals surface area contributed by atoms with E-state index in [1.54, 1.807) is 0 Å². The summed E-state index contributed by atoms with van der Waals surface area (Å²) in [5, 5.41) is 1.71. The van der Waals surface area contributed by atoms with Crippen LogP contribution in [0.4, 0.5) is 0 Å². The van der Waals surface area contributed by atoms with Gasteiger partial charge in [-0.15, -0.1) is 11.8 Å². The second-order valence-corrected chi connectivity index (χ2v) is 6.22. The molecule has 0 aliphatic carbocycles. The van der Waals surface area contributed by atoms with Gasteiger partial charge in [-0.3, -0.25) is 4.99 Å². The van der Waals surface area contributed by atoms with Crippen molar-refractivity contribution in [2.75, 3.05) is 0 Å². The molecule has 0 aromatic heterocycles. The van der Waals surface area contributed by atoms with E-state index in [-0.39, 0.29) is 0 Å². The molecule has 0 saturated carbocycles. The third kappa shape index (κ3) is 2.90. The lowest BCUT2D eigenvalue weighted by Gasteiger charge is -2.26. The van der Waals surface area contributed by atoms with E-state index in [0.717, 1.165) is 6.42 Å². The lowest BCUT2D eigenvalue weighted by molar-refractivity contribution is 0.640.